The van der Waals surface area contributed by atoms with Crippen LogP contribution in [-0.4, -0.2) is 76.1 Å². The van der Waals surface area contributed by atoms with Gasteiger partial charge < -0.3 is 14.4 Å². The predicted molar refractivity (Wildman–Crippen MR) is 142 cm³/mol. The van der Waals surface area contributed by atoms with E-state index in [1.165, 1.54) is 31.1 Å². The van der Waals surface area contributed by atoms with E-state index in [1.54, 1.807) is 47.0 Å². The first-order valence-corrected chi connectivity index (χ1v) is 12.6. The third kappa shape index (κ3) is 5.00. The molecule has 2 amide bonds. The highest BCUT2D eigenvalue weighted by atomic mass is 35.5. The molecule has 0 N–H and O–H groups in total. The number of benzene rings is 2. The van der Waals surface area contributed by atoms with Crippen LogP contribution in [0.4, 0.5) is 4.39 Å². The van der Waals surface area contributed by atoms with Gasteiger partial charge in [-0.2, -0.15) is 0 Å². The second-order valence-electron chi connectivity index (χ2n) is 10.1. The SMILES string of the molecule is CC1CN(C(C)c2ccc(F)cc2)C(C)CN1C(=O)c1cc2c(C(=O)C(=O)N(C)C)cn(C)c2cc1Cl. The van der Waals surface area contributed by atoms with Crippen molar-refractivity contribution in [3.63, 3.8) is 0 Å². The molecule has 1 aromatic heterocycles. The van der Waals surface area contributed by atoms with Gasteiger partial charge in [0.05, 0.1) is 21.7 Å². The Labute approximate surface area is 221 Å². The lowest BCUT2D eigenvalue weighted by Gasteiger charge is -2.46. The van der Waals surface area contributed by atoms with E-state index in [1.807, 2.05) is 6.92 Å². The van der Waals surface area contributed by atoms with E-state index in [-0.39, 0.29) is 35.4 Å². The molecule has 1 saturated heterocycles. The molecule has 196 valence electrons. The molecule has 3 aromatic rings. The van der Waals surface area contributed by atoms with Gasteiger partial charge in [0.2, 0.25) is 0 Å². The first-order chi connectivity index (χ1) is 17.4. The van der Waals surface area contributed by atoms with Gasteiger partial charge in [-0.05, 0) is 50.6 Å². The summed E-state index contributed by atoms with van der Waals surface area (Å²) < 4.78 is 15.1. The number of hydrogen-bond acceptors (Lipinski definition) is 4. The Balaban J connectivity index is 1.62. The molecule has 2 aromatic carbocycles. The average Bonchev–Trinajstić information content (AvgIpc) is 3.18. The number of amides is 2. The van der Waals surface area contributed by atoms with Gasteiger partial charge in [-0.25, -0.2) is 4.39 Å². The predicted octanol–water partition coefficient (Wildman–Crippen LogP) is 4.54. The van der Waals surface area contributed by atoms with Gasteiger partial charge in [-0.15, -0.1) is 0 Å². The smallest absolute Gasteiger partial charge is 0.294 e. The van der Waals surface area contributed by atoms with Crippen molar-refractivity contribution in [1.29, 1.82) is 0 Å². The second kappa shape index (κ2) is 10.3. The van der Waals surface area contributed by atoms with Gasteiger partial charge in [0, 0.05) is 63.9 Å². The summed E-state index contributed by atoms with van der Waals surface area (Å²) in [6, 6.07) is 9.82. The van der Waals surface area contributed by atoms with Gasteiger partial charge in [-0.3, -0.25) is 19.3 Å². The summed E-state index contributed by atoms with van der Waals surface area (Å²) in [5, 5.41) is 0.804. The molecular formula is C28H32ClFN4O3. The first kappa shape index (κ1) is 26.8. The van der Waals surface area contributed by atoms with Gasteiger partial charge in [-0.1, -0.05) is 23.7 Å². The van der Waals surface area contributed by atoms with E-state index < -0.39 is 11.7 Å². The Kier molecular flexibility index (Phi) is 7.44. The van der Waals surface area contributed by atoms with Crippen LogP contribution in [0.2, 0.25) is 5.02 Å². The number of piperazine rings is 1. The summed E-state index contributed by atoms with van der Waals surface area (Å²) in [6.07, 6.45) is 1.60. The van der Waals surface area contributed by atoms with E-state index in [0.717, 1.165) is 5.56 Å². The average molecular weight is 527 g/mol. The third-order valence-electron chi connectivity index (χ3n) is 7.30. The molecule has 0 spiro atoms. The fraction of sp³-hybridized carbons (Fsp3) is 0.393. The highest BCUT2D eigenvalue weighted by molar-refractivity contribution is 6.45. The van der Waals surface area contributed by atoms with Crippen molar-refractivity contribution in [2.45, 2.75) is 38.9 Å². The van der Waals surface area contributed by atoms with Crippen molar-refractivity contribution in [1.82, 2.24) is 19.3 Å². The second-order valence-corrected chi connectivity index (χ2v) is 10.5. The van der Waals surface area contributed by atoms with Crippen LogP contribution in [0.25, 0.3) is 10.9 Å². The van der Waals surface area contributed by atoms with E-state index in [9.17, 15) is 18.8 Å². The topological polar surface area (TPSA) is 65.9 Å². The van der Waals surface area contributed by atoms with Gasteiger partial charge in [0.1, 0.15) is 5.82 Å². The molecule has 1 fully saturated rings. The van der Waals surface area contributed by atoms with E-state index in [0.29, 0.717) is 34.6 Å². The normalized spacial score (nSPS) is 19.2. The quantitative estimate of drug-likeness (QED) is 0.362. The van der Waals surface area contributed by atoms with Gasteiger partial charge >= 0.3 is 0 Å². The maximum Gasteiger partial charge on any atom is 0.294 e. The molecule has 2 heterocycles. The molecular weight excluding hydrogens is 495 g/mol. The number of nitrogens with zero attached hydrogens (tertiary/aromatic N) is 4. The van der Waals surface area contributed by atoms with Crippen LogP contribution in [0.3, 0.4) is 0 Å². The van der Waals surface area contributed by atoms with Crippen molar-refractivity contribution in [3.05, 3.63) is 70.1 Å². The lowest BCUT2D eigenvalue weighted by Crippen LogP contribution is -2.58. The van der Waals surface area contributed by atoms with Crippen molar-refractivity contribution in [2.24, 2.45) is 7.05 Å². The number of likely N-dealkylation sites (N-methyl/N-ethyl adjacent to an activating group) is 1. The molecule has 9 heteroatoms. The summed E-state index contributed by atoms with van der Waals surface area (Å²) in [7, 11) is 4.81. The molecule has 0 aliphatic carbocycles. The summed E-state index contributed by atoms with van der Waals surface area (Å²) in [5.41, 5.74) is 2.21. The molecule has 1 aliphatic heterocycles. The highest BCUT2D eigenvalue weighted by Gasteiger charge is 2.36. The number of aryl methyl sites for hydroxylation is 1. The Morgan fingerprint density at radius 2 is 1.68 bits per heavy atom. The Bertz CT molecular complexity index is 1370. The molecule has 7 nitrogen and oxygen atoms in total. The lowest BCUT2D eigenvalue weighted by molar-refractivity contribution is -0.124. The van der Waals surface area contributed by atoms with Crippen molar-refractivity contribution >= 4 is 40.1 Å². The standard InChI is InChI=1S/C28H32ClFN4O3/c1-16-14-34(17(2)13-33(16)18(3)19-7-9-20(30)10-8-19)27(36)22-11-21-23(26(35)28(37)31(4)5)15-32(6)25(21)12-24(22)29/h7-12,15-18H,13-14H2,1-6H3. The minimum Gasteiger partial charge on any atom is -0.350 e. The molecule has 0 bridgehead atoms. The zero-order valence-electron chi connectivity index (χ0n) is 22.0. The van der Waals surface area contributed by atoms with Crippen LogP contribution in [-0.2, 0) is 11.8 Å². The summed E-state index contributed by atoms with van der Waals surface area (Å²) >= 11 is 6.59. The Morgan fingerprint density at radius 3 is 2.30 bits per heavy atom. The number of carbonyl (C=O) groups excluding carboxylic acids is 3. The molecule has 4 rings (SSSR count). The molecule has 1 aliphatic rings. The minimum atomic E-state index is -0.637. The van der Waals surface area contributed by atoms with Gasteiger partial charge in [0.15, 0.2) is 0 Å². The van der Waals surface area contributed by atoms with Crippen molar-refractivity contribution in [3.8, 4) is 0 Å². The Morgan fingerprint density at radius 1 is 1.03 bits per heavy atom. The molecule has 3 unspecified atom stereocenters. The molecule has 0 saturated carbocycles. The molecule has 0 radical (unpaired) electrons. The van der Waals surface area contributed by atoms with E-state index in [2.05, 4.69) is 18.7 Å². The number of fused-ring (bicyclic) bond motifs is 1. The number of aromatic nitrogens is 1. The minimum absolute atomic E-state index is 0.0503. The summed E-state index contributed by atoms with van der Waals surface area (Å²) in [5.74, 6) is -1.76. The number of ketones is 1. The fourth-order valence-corrected chi connectivity index (χ4v) is 5.37. The molecule has 37 heavy (non-hydrogen) atoms. The summed E-state index contributed by atoms with van der Waals surface area (Å²) in [4.78, 5) is 44.3. The third-order valence-corrected chi connectivity index (χ3v) is 7.61. The van der Waals surface area contributed by atoms with Crippen LogP contribution in [0, 0.1) is 5.82 Å². The van der Waals surface area contributed by atoms with Crippen molar-refractivity contribution < 1.29 is 18.8 Å². The maximum absolute atomic E-state index is 13.7. The van der Waals surface area contributed by atoms with Crippen LogP contribution < -0.4 is 0 Å². The number of rotatable bonds is 5. The zero-order chi connectivity index (χ0) is 27.2. The van der Waals surface area contributed by atoms with Crippen molar-refractivity contribution in [2.75, 3.05) is 27.2 Å². The first-order valence-electron chi connectivity index (χ1n) is 12.3. The zero-order valence-corrected chi connectivity index (χ0v) is 22.7. The fourth-order valence-electron chi connectivity index (χ4n) is 5.13. The maximum atomic E-state index is 13.7. The van der Waals surface area contributed by atoms with Crippen LogP contribution in [0.5, 0.6) is 0 Å². The van der Waals surface area contributed by atoms with Gasteiger partial charge in [0.25, 0.3) is 17.6 Å². The number of hydrogen-bond donors (Lipinski definition) is 0. The lowest BCUT2D eigenvalue weighted by atomic mass is 9.99. The van der Waals surface area contributed by atoms with E-state index in [4.69, 9.17) is 11.6 Å². The highest BCUT2D eigenvalue weighted by Crippen LogP contribution is 2.32. The number of carbonyl (C=O) groups is 3. The Hall–Kier alpha value is -3.23. The monoisotopic (exact) mass is 526 g/mol. The van der Waals surface area contributed by atoms with E-state index >= 15 is 0 Å². The largest absolute Gasteiger partial charge is 0.350 e. The van der Waals surface area contributed by atoms with Crippen LogP contribution >= 0.6 is 11.6 Å². The van der Waals surface area contributed by atoms with Crippen LogP contribution in [0.1, 0.15) is 53.1 Å². The number of halogens is 2. The molecule has 3 atom stereocenters. The number of Topliss-reactive ketones (excluding diaryl/α,β-unsaturated/α-hetero) is 1. The van der Waals surface area contributed by atoms with Crippen LogP contribution in [0.15, 0.2) is 42.6 Å². The summed E-state index contributed by atoms with van der Waals surface area (Å²) in [6.45, 7) is 7.27.